The molecule has 2 aromatic carbocycles. The number of halogens is 1. The predicted octanol–water partition coefficient (Wildman–Crippen LogP) is 3.44. The molecule has 1 aliphatic heterocycles. The maximum absolute atomic E-state index is 13.4. The highest BCUT2D eigenvalue weighted by atomic mass is 19.1. The molecule has 0 saturated carbocycles. The first kappa shape index (κ1) is 21.2. The van der Waals surface area contributed by atoms with Crippen LogP contribution in [-0.2, 0) is 6.54 Å². The Bertz CT molecular complexity index is 986. The van der Waals surface area contributed by atoms with Crippen LogP contribution in [0.2, 0.25) is 0 Å². The first-order valence-electron chi connectivity index (χ1n) is 10.7. The first-order chi connectivity index (χ1) is 15.2. The summed E-state index contributed by atoms with van der Waals surface area (Å²) in [6.45, 7) is 6.51. The zero-order chi connectivity index (χ0) is 21.5. The Hall–Kier alpha value is -3.09. The number of piperazine rings is 1. The molecule has 0 atom stereocenters. The molecule has 1 saturated heterocycles. The van der Waals surface area contributed by atoms with E-state index in [1.807, 2.05) is 6.07 Å². The number of aromatic nitrogens is 1. The molecule has 0 unspecified atom stereocenters. The Morgan fingerprint density at radius 3 is 2.42 bits per heavy atom. The van der Waals surface area contributed by atoms with Crippen LogP contribution in [0.5, 0.6) is 0 Å². The van der Waals surface area contributed by atoms with Gasteiger partial charge >= 0.3 is 0 Å². The third kappa shape index (κ3) is 5.96. The minimum atomic E-state index is -0.304. The van der Waals surface area contributed by atoms with Gasteiger partial charge in [0.05, 0.1) is 11.3 Å². The minimum absolute atomic E-state index is 0.138. The highest BCUT2D eigenvalue weighted by Gasteiger charge is 2.17. The molecular formula is C25H27FN4O. The summed E-state index contributed by atoms with van der Waals surface area (Å²) in [4.78, 5) is 21.6. The van der Waals surface area contributed by atoms with E-state index in [1.165, 1.54) is 23.9 Å². The van der Waals surface area contributed by atoms with Crippen LogP contribution in [0.4, 0.5) is 4.39 Å². The molecule has 1 aliphatic rings. The first-order valence-corrected chi connectivity index (χ1v) is 10.7. The molecule has 3 aromatic rings. The van der Waals surface area contributed by atoms with Crippen molar-refractivity contribution in [2.45, 2.75) is 6.54 Å². The number of hydrogen-bond donors (Lipinski definition) is 1. The van der Waals surface area contributed by atoms with E-state index < -0.39 is 0 Å². The fraction of sp³-hybridized carbons (Fsp3) is 0.280. The molecule has 0 bridgehead atoms. The molecular weight excluding hydrogens is 391 g/mol. The molecule has 6 heteroatoms. The van der Waals surface area contributed by atoms with Gasteiger partial charge in [-0.2, -0.15) is 0 Å². The molecule has 0 radical (unpaired) electrons. The van der Waals surface area contributed by atoms with Crippen molar-refractivity contribution in [2.24, 2.45) is 0 Å². The number of hydrogen-bond acceptors (Lipinski definition) is 4. The molecule has 2 heterocycles. The van der Waals surface area contributed by atoms with Crippen LogP contribution in [0.3, 0.4) is 0 Å². The van der Waals surface area contributed by atoms with Crippen LogP contribution in [0.25, 0.3) is 11.3 Å². The molecule has 1 aromatic heterocycles. The summed E-state index contributed by atoms with van der Waals surface area (Å²) >= 11 is 0. The van der Waals surface area contributed by atoms with Gasteiger partial charge < -0.3 is 5.32 Å². The predicted molar refractivity (Wildman–Crippen MR) is 120 cm³/mol. The zero-order valence-electron chi connectivity index (χ0n) is 17.5. The van der Waals surface area contributed by atoms with Gasteiger partial charge in [0.25, 0.3) is 5.91 Å². The number of pyridine rings is 1. The summed E-state index contributed by atoms with van der Waals surface area (Å²) in [5, 5.41) is 2.97. The number of nitrogens with one attached hydrogen (secondary N) is 1. The van der Waals surface area contributed by atoms with Crippen molar-refractivity contribution in [3.8, 4) is 11.3 Å². The lowest BCUT2D eigenvalue weighted by atomic mass is 10.1. The fourth-order valence-electron chi connectivity index (χ4n) is 3.79. The summed E-state index contributed by atoms with van der Waals surface area (Å²) in [7, 11) is 0. The van der Waals surface area contributed by atoms with Crippen LogP contribution in [0.15, 0.2) is 72.9 Å². The second kappa shape index (κ2) is 10.3. The van der Waals surface area contributed by atoms with Crippen molar-refractivity contribution in [3.63, 3.8) is 0 Å². The lowest BCUT2D eigenvalue weighted by Crippen LogP contribution is -2.48. The van der Waals surface area contributed by atoms with Gasteiger partial charge in [-0.05, 0) is 29.8 Å². The Labute approximate surface area is 182 Å². The summed E-state index contributed by atoms with van der Waals surface area (Å²) in [5.74, 6) is -0.442. The Kier molecular flexibility index (Phi) is 7.02. The average molecular weight is 419 g/mol. The highest BCUT2D eigenvalue weighted by Crippen LogP contribution is 2.18. The smallest absolute Gasteiger partial charge is 0.252 e. The van der Waals surface area contributed by atoms with Crippen molar-refractivity contribution >= 4 is 5.91 Å². The minimum Gasteiger partial charge on any atom is -0.351 e. The number of carbonyl (C=O) groups excluding carboxylic acids is 1. The molecule has 0 spiro atoms. The molecule has 0 aliphatic carbocycles. The van der Waals surface area contributed by atoms with E-state index in [1.54, 1.807) is 24.3 Å². The van der Waals surface area contributed by atoms with Gasteiger partial charge in [-0.25, -0.2) is 4.39 Å². The lowest BCUT2D eigenvalue weighted by Gasteiger charge is -2.34. The van der Waals surface area contributed by atoms with Crippen molar-refractivity contribution in [3.05, 3.63) is 89.9 Å². The third-order valence-electron chi connectivity index (χ3n) is 5.57. The van der Waals surface area contributed by atoms with Crippen LogP contribution in [-0.4, -0.2) is 60.0 Å². The molecule has 160 valence electrons. The fourth-order valence-corrected chi connectivity index (χ4v) is 3.79. The number of nitrogens with zero attached hydrogens (tertiary/aromatic N) is 3. The van der Waals surface area contributed by atoms with Crippen molar-refractivity contribution in [1.82, 2.24) is 20.1 Å². The van der Waals surface area contributed by atoms with E-state index in [-0.39, 0.29) is 11.7 Å². The van der Waals surface area contributed by atoms with Gasteiger partial charge in [-0.3, -0.25) is 19.6 Å². The zero-order valence-corrected chi connectivity index (χ0v) is 17.5. The monoisotopic (exact) mass is 418 g/mol. The topological polar surface area (TPSA) is 48.5 Å². The number of rotatable bonds is 7. The quantitative estimate of drug-likeness (QED) is 0.639. The van der Waals surface area contributed by atoms with Crippen molar-refractivity contribution in [2.75, 3.05) is 39.3 Å². The highest BCUT2D eigenvalue weighted by molar-refractivity contribution is 5.94. The van der Waals surface area contributed by atoms with E-state index in [2.05, 4.69) is 44.4 Å². The van der Waals surface area contributed by atoms with Crippen molar-refractivity contribution in [1.29, 1.82) is 0 Å². The van der Waals surface area contributed by atoms with Gasteiger partial charge in [0.15, 0.2) is 0 Å². The standard InChI is InChI=1S/C25H27FN4O/c26-23-8-4-7-21(17-23)24-10-9-22(18-28-24)25(31)27-11-12-29-13-15-30(16-14-29)19-20-5-2-1-3-6-20/h1-10,17-18H,11-16,19H2,(H,27,31). The van der Waals surface area contributed by atoms with Gasteiger partial charge in [0.2, 0.25) is 0 Å². The summed E-state index contributed by atoms with van der Waals surface area (Å²) in [6.07, 6.45) is 1.54. The Morgan fingerprint density at radius 2 is 1.71 bits per heavy atom. The van der Waals surface area contributed by atoms with Crippen molar-refractivity contribution < 1.29 is 9.18 Å². The second-order valence-corrected chi connectivity index (χ2v) is 7.80. The van der Waals surface area contributed by atoms with Crippen LogP contribution >= 0.6 is 0 Å². The van der Waals surface area contributed by atoms with Gasteiger partial charge in [0.1, 0.15) is 5.82 Å². The summed E-state index contributed by atoms with van der Waals surface area (Å²) in [5.41, 5.74) is 3.19. The second-order valence-electron chi connectivity index (χ2n) is 7.80. The van der Waals surface area contributed by atoms with Gasteiger partial charge in [-0.1, -0.05) is 42.5 Å². The molecule has 5 nitrogen and oxygen atoms in total. The average Bonchev–Trinajstić information content (AvgIpc) is 2.81. The number of amides is 1. The maximum Gasteiger partial charge on any atom is 0.252 e. The molecule has 1 amide bonds. The Morgan fingerprint density at radius 1 is 0.935 bits per heavy atom. The van der Waals surface area contributed by atoms with E-state index >= 15 is 0 Å². The van der Waals surface area contributed by atoms with E-state index in [0.29, 0.717) is 23.4 Å². The van der Waals surface area contributed by atoms with Crippen LogP contribution in [0.1, 0.15) is 15.9 Å². The SMILES string of the molecule is O=C(NCCN1CCN(Cc2ccccc2)CC1)c1ccc(-c2cccc(F)c2)nc1. The Balaban J connectivity index is 1.19. The number of benzene rings is 2. The number of carbonyl (C=O) groups is 1. The van der Waals surface area contributed by atoms with Crippen LogP contribution in [0, 0.1) is 5.82 Å². The lowest BCUT2D eigenvalue weighted by molar-refractivity contribution is 0.0934. The molecule has 1 N–H and O–H groups in total. The molecule has 1 fully saturated rings. The third-order valence-corrected chi connectivity index (χ3v) is 5.57. The van der Waals surface area contributed by atoms with Crippen LogP contribution < -0.4 is 5.32 Å². The normalized spacial score (nSPS) is 15.0. The van der Waals surface area contributed by atoms with E-state index in [4.69, 9.17) is 0 Å². The maximum atomic E-state index is 13.4. The molecule has 31 heavy (non-hydrogen) atoms. The largest absolute Gasteiger partial charge is 0.351 e. The van der Waals surface area contributed by atoms with Gasteiger partial charge in [0, 0.05) is 57.6 Å². The van der Waals surface area contributed by atoms with E-state index in [0.717, 1.165) is 39.3 Å². The molecule has 4 rings (SSSR count). The summed E-state index contributed by atoms with van der Waals surface area (Å²) in [6, 6.07) is 20.3. The summed E-state index contributed by atoms with van der Waals surface area (Å²) < 4.78 is 13.4. The van der Waals surface area contributed by atoms with Gasteiger partial charge in [-0.15, -0.1) is 0 Å². The van der Waals surface area contributed by atoms with E-state index in [9.17, 15) is 9.18 Å².